The van der Waals surface area contributed by atoms with Gasteiger partial charge in [0, 0.05) is 20.2 Å². The first-order chi connectivity index (χ1) is 10.7. The number of likely N-dealkylation sites (tertiary alicyclic amines) is 1. The predicted molar refractivity (Wildman–Crippen MR) is 88.0 cm³/mol. The Bertz CT molecular complexity index is 473. The van der Waals surface area contributed by atoms with E-state index in [4.69, 9.17) is 4.74 Å². The van der Waals surface area contributed by atoms with Gasteiger partial charge in [-0.05, 0) is 44.0 Å². The van der Waals surface area contributed by atoms with Crippen LogP contribution in [-0.4, -0.2) is 50.8 Å². The summed E-state index contributed by atoms with van der Waals surface area (Å²) in [7, 11) is 1.63. The summed E-state index contributed by atoms with van der Waals surface area (Å²) >= 11 is 0. The summed E-state index contributed by atoms with van der Waals surface area (Å²) in [6.45, 7) is 6.03. The second-order valence-electron chi connectivity index (χ2n) is 5.75. The van der Waals surface area contributed by atoms with E-state index >= 15 is 0 Å². The van der Waals surface area contributed by atoms with Gasteiger partial charge in [0.2, 0.25) is 0 Å². The highest BCUT2D eigenvalue weighted by Crippen LogP contribution is 2.26. The van der Waals surface area contributed by atoms with Crippen molar-refractivity contribution >= 4 is 6.03 Å². The fourth-order valence-electron chi connectivity index (χ4n) is 2.97. The zero-order valence-electron chi connectivity index (χ0n) is 13.6. The first kappa shape index (κ1) is 16.8. The molecule has 122 valence electrons. The molecule has 0 radical (unpaired) electrons. The largest absolute Gasteiger partial charge is 0.383 e. The quantitative estimate of drug-likeness (QED) is 0.758. The summed E-state index contributed by atoms with van der Waals surface area (Å²) in [6, 6.07) is 8.56. The predicted octanol–water partition coefficient (Wildman–Crippen LogP) is 2.08. The van der Waals surface area contributed by atoms with Crippen molar-refractivity contribution in [3.63, 3.8) is 0 Å². The van der Waals surface area contributed by atoms with Crippen LogP contribution in [0.3, 0.4) is 0 Å². The van der Waals surface area contributed by atoms with Gasteiger partial charge < -0.3 is 15.4 Å². The summed E-state index contributed by atoms with van der Waals surface area (Å²) in [5, 5.41) is 5.80. The molecule has 2 rings (SSSR count). The van der Waals surface area contributed by atoms with Crippen LogP contribution in [0.25, 0.3) is 0 Å². The molecule has 1 aromatic carbocycles. The van der Waals surface area contributed by atoms with Crippen LogP contribution in [0.2, 0.25) is 0 Å². The van der Waals surface area contributed by atoms with E-state index in [-0.39, 0.29) is 12.1 Å². The third-order valence-electron chi connectivity index (χ3n) is 4.18. The summed E-state index contributed by atoms with van der Waals surface area (Å²) in [6.07, 6.45) is 2.48. The van der Waals surface area contributed by atoms with Gasteiger partial charge in [0.05, 0.1) is 12.6 Å². The highest BCUT2D eigenvalue weighted by Gasteiger charge is 2.24. The molecule has 0 bridgehead atoms. The fraction of sp³-hybridized carbons (Fsp3) is 0.588. The minimum Gasteiger partial charge on any atom is -0.383 e. The maximum Gasteiger partial charge on any atom is 0.314 e. The Labute approximate surface area is 133 Å². The SMILES string of the molecule is COCCNC(=O)NCC(c1ccccc1C)N1CCCC1. The molecule has 5 nitrogen and oxygen atoms in total. The number of carbonyl (C=O) groups is 1. The average Bonchev–Trinajstić information content (AvgIpc) is 3.04. The van der Waals surface area contributed by atoms with Crippen molar-refractivity contribution in [2.45, 2.75) is 25.8 Å². The van der Waals surface area contributed by atoms with E-state index in [2.05, 4.69) is 46.7 Å². The fourth-order valence-corrected chi connectivity index (χ4v) is 2.97. The number of aryl methyl sites for hydroxylation is 1. The topological polar surface area (TPSA) is 53.6 Å². The maximum atomic E-state index is 11.9. The van der Waals surface area contributed by atoms with E-state index in [1.165, 1.54) is 24.0 Å². The summed E-state index contributed by atoms with van der Waals surface area (Å²) in [5.41, 5.74) is 2.59. The lowest BCUT2D eigenvalue weighted by molar-refractivity contribution is 0.193. The van der Waals surface area contributed by atoms with Crippen molar-refractivity contribution in [2.24, 2.45) is 0 Å². The van der Waals surface area contributed by atoms with E-state index in [0.29, 0.717) is 19.7 Å². The van der Waals surface area contributed by atoms with Gasteiger partial charge in [0.15, 0.2) is 0 Å². The highest BCUT2D eigenvalue weighted by molar-refractivity contribution is 5.73. The summed E-state index contributed by atoms with van der Waals surface area (Å²) < 4.78 is 4.93. The number of amides is 2. The maximum absolute atomic E-state index is 11.9. The Morgan fingerprint density at radius 1 is 1.27 bits per heavy atom. The van der Waals surface area contributed by atoms with Crippen LogP contribution in [0.4, 0.5) is 4.79 Å². The molecular weight excluding hydrogens is 278 g/mol. The Hall–Kier alpha value is -1.59. The Morgan fingerprint density at radius 2 is 2.00 bits per heavy atom. The molecule has 5 heteroatoms. The van der Waals surface area contributed by atoms with Gasteiger partial charge in [-0.1, -0.05) is 24.3 Å². The average molecular weight is 305 g/mol. The number of ether oxygens (including phenoxy) is 1. The molecule has 1 atom stereocenters. The highest BCUT2D eigenvalue weighted by atomic mass is 16.5. The molecule has 2 amide bonds. The van der Waals surface area contributed by atoms with E-state index in [1.807, 2.05) is 0 Å². The number of urea groups is 1. The molecule has 0 saturated carbocycles. The summed E-state index contributed by atoms with van der Waals surface area (Å²) in [5.74, 6) is 0. The lowest BCUT2D eigenvalue weighted by atomic mass is 10.00. The van der Waals surface area contributed by atoms with Crippen molar-refractivity contribution < 1.29 is 9.53 Å². The minimum absolute atomic E-state index is 0.130. The van der Waals surface area contributed by atoms with Crippen molar-refractivity contribution in [2.75, 3.05) is 39.9 Å². The number of hydrogen-bond acceptors (Lipinski definition) is 3. The standard InChI is InChI=1S/C17H27N3O2/c1-14-7-3-4-8-15(14)16(20-10-5-6-11-20)13-19-17(21)18-9-12-22-2/h3-4,7-8,16H,5-6,9-13H2,1-2H3,(H2,18,19,21). The number of rotatable bonds is 7. The smallest absolute Gasteiger partial charge is 0.314 e. The van der Waals surface area contributed by atoms with Crippen LogP contribution in [-0.2, 0) is 4.74 Å². The van der Waals surface area contributed by atoms with Crippen LogP contribution >= 0.6 is 0 Å². The van der Waals surface area contributed by atoms with Crippen LogP contribution < -0.4 is 10.6 Å². The van der Waals surface area contributed by atoms with Crippen LogP contribution in [0.1, 0.15) is 30.0 Å². The van der Waals surface area contributed by atoms with Crippen molar-refractivity contribution in [1.29, 1.82) is 0 Å². The molecule has 1 aromatic rings. The molecule has 0 aliphatic carbocycles. The second kappa shape index (κ2) is 8.76. The first-order valence-corrected chi connectivity index (χ1v) is 8.02. The zero-order chi connectivity index (χ0) is 15.8. The molecule has 0 aromatic heterocycles. The number of nitrogens with one attached hydrogen (secondary N) is 2. The number of methoxy groups -OCH3 is 1. The van der Waals surface area contributed by atoms with Crippen molar-refractivity contribution in [3.8, 4) is 0 Å². The van der Waals surface area contributed by atoms with Crippen LogP contribution in [0, 0.1) is 6.92 Å². The molecule has 1 heterocycles. The van der Waals surface area contributed by atoms with Gasteiger partial charge in [0.25, 0.3) is 0 Å². The molecule has 1 unspecified atom stereocenters. The normalized spacial score (nSPS) is 16.5. The lowest BCUT2D eigenvalue weighted by Crippen LogP contribution is -2.42. The molecule has 22 heavy (non-hydrogen) atoms. The van der Waals surface area contributed by atoms with Gasteiger partial charge in [-0.2, -0.15) is 0 Å². The van der Waals surface area contributed by atoms with Crippen LogP contribution in [0.5, 0.6) is 0 Å². The van der Waals surface area contributed by atoms with Gasteiger partial charge in [-0.3, -0.25) is 4.90 Å². The lowest BCUT2D eigenvalue weighted by Gasteiger charge is -2.29. The Kier molecular flexibility index (Phi) is 6.68. The van der Waals surface area contributed by atoms with Crippen LogP contribution in [0.15, 0.2) is 24.3 Å². The van der Waals surface area contributed by atoms with Gasteiger partial charge in [-0.15, -0.1) is 0 Å². The molecule has 2 N–H and O–H groups in total. The number of benzene rings is 1. The van der Waals surface area contributed by atoms with Gasteiger partial charge >= 0.3 is 6.03 Å². The van der Waals surface area contributed by atoms with E-state index in [9.17, 15) is 4.79 Å². The van der Waals surface area contributed by atoms with E-state index in [1.54, 1.807) is 7.11 Å². The molecule has 1 fully saturated rings. The molecule has 1 aliphatic rings. The number of nitrogens with zero attached hydrogens (tertiary/aromatic N) is 1. The summed E-state index contributed by atoms with van der Waals surface area (Å²) in [4.78, 5) is 14.3. The van der Waals surface area contributed by atoms with E-state index in [0.717, 1.165) is 13.1 Å². The third kappa shape index (κ3) is 4.71. The monoisotopic (exact) mass is 305 g/mol. The number of carbonyl (C=O) groups excluding carboxylic acids is 1. The van der Waals surface area contributed by atoms with Crippen molar-refractivity contribution in [3.05, 3.63) is 35.4 Å². The zero-order valence-corrected chi connectivity index (χ0v) is 13.6. The minimum atomic E-state index is -0.130. The molecule has 1 aliphatic heterocycles. The van der Waals surface area contributed by atoms with Crippen molar-refractivity contribution in [1.82, 2.24) is 15.5 Å². The van der Waals surface area contributed by atoms with E-state index < -0.39 is 0 Å². The number of hydrogen-bond donors (Lipinski definition) is 2. The molecule has 1 saturated heterocycles. The third-order valence-corrected chi connectivity index (χ3v) is 4.18. The van der Waals surface area contributed by atoms with Gasteiger partial charge in [0.1, 0.15) is 0 Å². The van der Waals surface area contributed by atoms with Gasteiger partial charge in [-0.25, -0.2) is 4.79 Å². The second-order valence-corrected chi connectivity index (χ2v) is 5.75. The molecular formula is C17H27N3O2. The Balaban J connectivity index is 1.97. The first-order valence-electron chi connectivity index (χ1n) is 8.02. The molecule has 0 spiro atoms. The Morgan fingerprint density at radius 3 is 2.68 bits per heavy atom.